The third-order valence-corrected chi connectivity index (χ3v) is 6.90. The van der Waals surface area contributed by atoms with Gasteiger partial charge in [0.25, 0.3) is 17.5 Å². The van der Waals surface area contributed by atoms with Crippen LogP contribution in [-0.4, -0.2) is 29.4 Å². The Kier molecular flexibility index (Phi) is 9.40. The van der Waals surface area contributed by atoms with Crippen molar-refractivity contribution < 1.29 is 33.5 Å². The van der Waals surface area contributed by atoms with Crippen molar-refractivity contribution in [1.29, 1.82) is 0 Å². The Morgan fingerprint density at radius 2 is 1.53 bits per heavy atom. The molecule has 12 heteroatoms. The second-order valence-corrected chi connectivity index (χ2v) is 10.1. The van der Waals surface area contributed by atoms with Crippen LogP contribution < -0.4 is 24.4 Å². The van der Waals surface area contributed by atoms with Gasteiger partial charge in [0.15, 0.2) is 11.5 Å². The summed E-state index contributed by atoms with van der Waals surface area (Å²) in [6.45, 7) is 2.42. The van der Waals surface area contributed by atoms with Crippen molar-refractivity contribution in [2.75, 3.05) is 11.5 Å². The van der Waals surface area contributed by atoms with E-state index in [2.05, 4.69) is 5.32 Å². The number of urea groups is 1. The molecule has 1 fully saturated rings. The van der Waals surface area contributed by atoms with Gasteiger partial charge < -0.3 is 14.2 Å². The molecule has 0 bridgehead atoms. The van der Waals surface area contributed by atoms with Gasteiger partial charge in [0.05, 0.1) is 22.2 Å². The van der Waals surface area contributed by atoms with Gasteiger partial charge in [-0.1, -0.05) is 41.9 Å². The van der Waals surface area contributed by atoms with Gasteiger partial charge >= 0.3 is 6.03 Å². The molecular weight excluding hydrogens is 602 g/mol. The molecule has 0 saturated carbocycles. The second-order valence-electron chi connectivity index (χ2n) is 9.70. The van der Waals surface area contributed by atoms with Crippen molar-refractivity contribution in [2.24, 2.45) is 0 Å². The van der Waals surface area contributed by atoms with Crippen molar-refractivity contribution in [2.45, 2.75) is 20.1 Å². The van der Waals surface area contributed by atoms with Gasteiger partial charge in [-0.2, -0.15) is 0 Å². The number of ether oxygens (including phenoxy) is 3. The van der Waals surface area contributed by atoms with E-state index in [1.807, 2.05) is 30.3 Å². The zero-order valence-corrected chi connectivity index (χ0v) is 24.7. The van der Waals surface area contributed by atoms with Crippen molar-refractivity contribution in [3.8, 4) is 17.2 Å². The molecule has 0 aromatic heterocycles. The van der Waals surface area contributed by atoms with Crippen molar-refractivity contribution >= 4 is 46.9 Å². The van der Waals surface area contributed by atoms with Gasteiger partial charge in [-0.15, -0.1) is 0 Å². The molecule has 0 unspecified atom stereocenters. The van der Waals surface area contributed by atoms with Gasteiger partial charge in [-0.3, -0.25) is 25.0 Å². The number of carbonyl (C=O) groups is 3. The highest BCUT2D eigenvalue weighted by atomic mass is 35.5. The van der Waals surface area contributed by atoms with Gasteiger partial charge in [0.1, 0.15) is 24.5 Å². The molecular formula is C33H26ClN3O8. The fourth-order valence-electron chi connectivity index (χ4n) is 4.43. The van der Waals surface area contributed by atoms with Crippen molar-refractivity contribution in [3.63, 3.8) is 0 Å². The van der Waals surface area contributed by atoms with Crippen LogP contribution in [-0.2, 0) is 22.8 Å². The topological polar surface area (TPSA) is 137 Å². The first-order valence-electron chi connectivity index (χ1n) is 13.7. The molecule has 45 heavy (non-hydrogen) atoms. The standard InChI is InChI=1S/C33H26ClN3O8/c1-2-43-29-18-23(17-28(34)30(29)45-20-22-8-10-25(11-9-22)37(41)42)16-27-31(38)35-33(40)36(32(27)39)24-12-14-26(15-13-24)44-19-21-6-4-3-5-7-21/h3-18H,2,19-20H2,1H3,(H,35,38,40)/b27-16+. The smallest absolute Gasteiger partial charge is 0.335 e. The van der Waals surface area contributed by atoms with Crippen LogP contribution in [0.1, 0.15) is 23.6 Å². The summed E-state index contributed by atoms with van der Waals surface area (Å²) in [5.74, 6) is -0.689. The van der Waals surface area contributed by atoms with Crippen LogP contribution in [0, 0.1) is 10.1 Å². The highest BCUT2D eigenvalue weighted by molar-refractivity contribution is 6.39. The Labute approximate surface area is 262 Å². The lowest BCUT2D eigenvalue weighted by atomic mass is 10.1. The molecule has 4 aromatic carbocycles. The highest BCUT2D eigenvalue weighted by Gasteiger charge is 2.37. The zero-order valence-electron chi connectivity index (χ0n) is 23.9. The van der Waals surface area contributed by atoms with Crippen LogP contribution in [0.15, 0.2) is 96.6 Å². The number of hydrogen-bond donors (Lipinski definition) is 1. The van der Waals surface area contributed by atoms with Crippen LogP contribution >= 0.6 is 11.6 Å². The Balaban J connectivity index is 1.35. The minimum absolute atomic E-state index is 0.0457. The molecule has 4 amide bonds. The quantitative estimate of drug-likeness (QED) is 0.0864. The first kappa shape index (κ1) is 30.8. The van der Waals surface area contributed by atoms with Crippen LogP contribution in [0.25, 0.3) is 6.08 Å². The number of halogens is 1. The van der Waals surface area contributed by atoms with E-state index in [0.29, 0.717) is 23.5 Å². The van der Waals surface area contributed by atoms with E-state index in [9.17, 15) is 24.5 Å². The second kappa shape index (κ2) is 13.7. The first-order chi connectivity index (χ1) is 21.7. The number of rotatable bonds is 11. The summed E-state index contributed by atoms with van der Waals surface area (Å²) < 4.78 is 17.4. The van der Waals surface area contributed by atoms with Crippen LogP contribution in [0.3, 0.4) is 0 Å². The SMILES string of the molecule is CCOc1cc(/C=C2\C(=O)NC(=O)N(c3ccc(OCc4ccccc4)cc3)C2=O)cc(Cl)c1OCc1ccc([N+](=O)[O-])cc1. The molecule has 0 aliphatic carbocycles. The molecule has 11 nitrogen and oxygen atoms in total. The number of nitro benzene ring substituents is 1. The van der Waals surface area contributed by atoms with Crippen molar-refractivity contribution in [1.82, 2.24) is 5.32 Å². The van der Waals surface area contributed by atoms with E-state index >= 15 is 0 Å². The average Bonchev–Trinajstić information content (AvgIpc) is 3.03. The lowest BCUT2D eigenvalue weighted by Crippen LogP contribution is -2.54. The van der Waals surface area contributed by atoms with Crippen LogP contribution in [0.2, 0.25) is 5.02 Å². The summed E-state index contributed by atoms with van der Waals surface area (Å²) >= 11 is 6.54. The van der Waals surface area contributed by atoms with E-state index in [0.717, 1.165) is 10.5 Å². The van der Waals surface area contributed by atoms with E-state index in [1.54, 1.807) is 49.4 Å². The monoisotopic (exact) mass is 627 g/mol. The molecule has 5 rings (SSSR count). The number of nitrogens with zero attached hydrogens (tertiary/aromatic N) is 2. The number of imide groups is 2. The van der Waals surface area contributed by atoms with Gasteiger partial charge in [-0.25, -0.2) is 9.69 Å². The third kappa shape index (κ3) is 7.28. The molecule has 1 saturated heterocycles. The molecule has 1 N–H and O–H groups in total. The lowest BCUT2D eigenvalue weighted by Gasteiger charge is -2.26. The summed E-state index contributed by atoms with van der Waals surface area (Å²) in [5.41, 5.74) is 1.90. The van der Waals surface area contributed by atoms with Crippen molar-refractivity contribution in [3.05, 3.63) is 128 Å². The fourth-order valence-corrected chi connectivity index (χ4v) is 4.71. The number of nitrogens with one attached hydrogen (secondary N) is 1. The zero-order chi connectivity index (χ0) is 31.9. The number of hydrogen-bond acceptors (Lipinski definition) is 8. The number of barbiturate groups is 1. The third-order valence-electron chi connectivity index (χ3n) is 6.62. The van der Waals surface area contributed by atoms with Crippen LogP contribution in [0.5, 0.6) is 17.2 Å². The number of anilines is 1. The fraction of sp³-hybridized carbons (Fsp3) is 0.121. The minimum Gasteiger partial charge on any atom is -0.490 e. The highest BCUT2D eigenvalue weighted by Crippen LogP contribution is 2.38. The normalized spacial score (nSPS) is 13.9. The minimum atomic E-state index is -0.886. The predicted octanol–water partition coefficient (Wildman–Crippen LogP) is 6.47. The summed E-state index contributed by atoms with van der Waals surface area (Å²) in [5, 5.41) is 13.3. The molecule has 0 radical (unpaired) electrons. The number of non-ortho nitro benzene ring substituents is 1. The number of carbonyl (C=O) groups excluding carboxylic acids is 3. The molecule has 4 aromatic rings. The van der Waals surface area contributed by atoms with Gasteiger partial charge in [0, 0.05) is 12.1 Å². The first-order valence-corrected chi connectivity index (χ1v) is 14.1. The largest absolute Gasteiger partial charge is 0.490 e. The summed E-state index contributed by atoms with van der Waals surface area (Å²) in [4.78, 5) is 50.2. The Morgan fingerprint density at radius 1 is 0.867 bits per heavy atom. The molecule has 0 atom stereocenters. The number of benzene rings is 4. The van der Waals surface area contributed by atoms with Crippen LogP contribution in [0.4, 0.5) is 16.2 Å². The van der Waals surface area contributed by atoms with Gasteiger partial charge in [-0.05, 0) is 78.2 Å². The van der Waals surface area contributed by atoms with E-state index in [1.165, 1.54) is 24.3 Å². The maximum atomic E-state index is 13.4. The van der Waals surface area contributed by atoms with Gasteiger partial charge in [0.2, 0.25) is 0 Å². The maximum absolute atomic E-state index is 13.4. The van der Waals surface area contributed by atoms with E-state index in [4.69, 9.17) is 25.8 Å². The molecule has 228 valence electrons. The predicted molar refractivity (Wildman–Crippen MR) is 166 cm³/mol. The molecule has 1 aliphatic rings. The Bertz CT molecular complexity index is 1770. The number of nitro groups is 1. The van der Waals surface area contributed by atoms with E-state index in [-0.39, 0.29) is 46.7 Å². The Hall–Kier alpha value is -5.68. The molecule has 1 heterocycles. The summed E-state index contributed by atoms with van der Waals surface area (Å²) in [7, 11) is 0. The molecule has 0 spiro atoms. The summed E-state index contributed by atoms with van der Waals surface area (Å²) in [6, 6.07) is 24.0. The average molecular weight is 628 g/mol. The summed E-state index contributed by atoms with van der Waals surface area (Å²) in [6.07, 6.45) is 1.31. The number of amides is 4. The molecule has 1 aliphatic heterocycles. The Morgan fingerprint density at radius 3 is 2.20 bits per heavy atom. The van der Waals surface area contributed by atoms with E-state index < -0.39 is 22.8 Å². The maximum Gasteiger partial charge on any atom is 0.335 e. The lowest BCUT2D eigenvalue weighted by molar-refractivity contribution is -0.384.